The van der Waals surface area contributed by atoms with Crippen molar-refractivity contribution in [1.29, 1.82) is 0 Å². The Hall–Kier alpha value is -2.04. The summed E-state index contributed by atoms with van der Waals surface area (Å²) in [7, 11) is 0. The Morgan fingerprint density at radius 3 is 2.64 bits per heavy atom. The number of hydrogen-bond donors (Lipinski definition) is 3. The fourth-order valence-corrected chi connectivity index (χ4v) is 0.950. The molecule has 0 fully saturated rings. The van der Waals surface area contributed by atoms with Gasteiger partial charge in [0.1, 0.15) is 0 Å². The Bertz CT molecular complexity index is 388. The molecule has 1 amide bonds. The summed E-state index contributed by atoms with van der Waals surface area (Å²) in [4.78, 5) is 21.1. The summed E-state index contributed by atoms with van der Waals surface area (Å²) in [6, 6.07) is 4.88. The van der Waals surface area contributed by atoms with Gasteiger partial charge >= 0.3 is 11.9 Å². The highest BCUT2D eigenvalue weighted by atomic mass is 16.4. The van der Waals surface area contributed by atoms with E-state index in [1.807, 2.05) is 0 Å². The Morgan fingerprint density at radius 2 is 2.07 bits per heavy atom. The van der Waals surface area contributed by atoms with Crippen molar-refractivity contribution in [2.24, 2.45) is 0 Å². The molecule has 0 radical (unpaired) electrons. The van der Waals surface area contributed by atoms with Gasteiger partial charge in [0.05, 0.1) is 0 Å². The van der Waals surface area contributed by atoms with Gasteiger partial charge in [0.25, 0.3) is 0 Å². The second kappa shape index (κ2) is 3.78. The summed E-state index contributed by atoms with van der Waals surface area (Å²) in [5.74, 6) is -2.59. The molecular formula is C9H10N2O3. The van der Waals surface area contributed by atoms with E-state index in [-0.39, 0.29) is 0 Å². The van der Waals surface area contributed by atoms with Crippen LogP contribution in [0.25, 0.3) is 0 Å². The number of aryl methyl sites for hydroxylation is 1. The largest absolute Gasteiger partial charge is 0.474 e. The zero-order valence-corrected chi connectivity index (χ0v) is 7.57. The lowest BCUT2D eigenvalue weighted by Gasteiger charge is -2.06. The molecule has 0 heterocycles. The quantitative estimate of drug-likeness (QED) is 0.451. The molecule has 1 aromatic rings. The van der Waals surface area contributed by atoms with Gasteiger partial charge in [-0.05, 0) is 24.6 Å². The molecule has 0 aliphatic heterocycles. The molecule has 0 saturated carbocycles. The lowest BCUT2D eigenvalue weighted by molar-refractivity contribution is -0.147. The standard InChI is InChI=1S/C9H10N2O3/c1-5-2-3-6(10)4-7(5)11-8(12)9(13)14/h2-4H,10H2,1H3,(H,11,12)(H,13,14). The monoisotopic (exact) mass is 194 g/mol. The lowest BCUT2D eigenvalue weighted by Crippen LogP contribution is -2.22. The van der Waals surface area contributed by atoms with Crippen LogP contribution in [-0.4, -0.2) is 17.0 Å². The van der Waals surface area contributed by atoms with Gasteiger partial charge in [-0.3, -0.25) is 4.79 Å². The third-order valence-corrected chi connectivity index (χ3v) is 1.70. The number of benzene rings is 1. The van der Waals surface area contributed by atoms with Gasteiger partial charge < -0.3 is 16.2 Å². The summed E-state index contributed by atoms with van der Waals surface area (Å²) in [5, 5.41) is 10.6. The van der Waals surface area contributed by atoms with E-state index in [0.717, 1.165) is 5.56 Å². The Labute approximate surface area is 80.5 Å². The van der Waals surface area contributed by atoms with Crippen molar-refractivity contribution in [2.75, 3.05) is 11.1 Å². The van der Waals surface area contributed by atoms with Gasteiger partial charge in [-0.25, -0.2) is 4.79 Å². The van der Waals surface area contributed by atoms with E-state index in [1.165, 1.54) is 6.07 Å². The number of carboxylic acid groups (broad SMARTS) is 1. The first-order valence-electron chi connectivity index (χ1n) is 3.91. The summed E-state index contributed by atoms with van der Waals surface area (Å²) >= 11 is 0. The molecule has 74 valence electrons. The average Bonchev–Trinajstić information content (AvgIpc) is 2.11. The normalized spacial score (nSPS) is 9.50. The molecule has 14 heavy (non-hydrogen) atoms. The molecule has 0 atom stereocenters. The number of nitrogens with one attached hydrogen (secondary N) is 1. The number of rotatable bonds is 1. The minimum atomic E-state index is -1.52. The molecule has 0 aromatic heterocycles. The zero-order chi connectivity index (χ0) is 10.7. The summed E-state index contributed by atoms with van der Waals surface area (Å²) in [6.07, 6.45) is 0. The van der Waals surface area contributed by atoms with Gasteiger partial charge in [-0.2, -0.15) is 0 Å². The number of carbonyl (C=O) groups excluding carboxylic acids is 1. The van der Waals surface area contributed by atoms with E-state index in [2.05, 4.69) is 5.32 Å². The van der Waals surface area contributed by atoms with E-state index in [9.17, 15) is 9.59 Å². The highest BCUT2D eigenvalue weighted by Gasteiger charge is 2.12. The minimum Gasteiger partial charge on any atom is -0.474 e. The van der Waals surface area contributed by atoms with Crippen molar-refractivity contribution >= 4 is 23.3 Å². The number of aliphatic carboxylic acids is 1. The first kappa shape index (κ1) is 10.0. The van der Waals surface area contributed by atoms with Crippen LogP contribution < -0.4 is 11.1 Å². The molecule has 5 nitrogen and oxygen atoms in total. The third kappa shape index (κ3) is 2.22. The van der Waals surface area contributed by atoms with E-state index in [4.69, 9.17) is 10.8 Å². The van der Waals surface area contributed by atoms with Crippen molar-refractivity contribution in [3.8, 4) is 0 Å². The predicted octanol–water partition coefficient (Wildman–Crippen LogP) is 0.600. The second-order valence-electron chi connectivity index (χ2n) is 2.83. The van der Waals surface area contributed by atoms with Crippen LogP contribution in [0.1, 0.15) is 5.56 Å². The topological polar surface area (TPSA) is 92.4 Å². The van der Waals surface area contributed by atoms with Crippen LogP contribution in [-0.2, 0) is 9.59 Å². The van der Waals surface area contributed by atoms with Crippen LogP contribution in [0.5, 0.6) is 0 Å². The van der Waals surface area contributed by atoms with Crippen molar-refractivity contribution in [1.82, 2.24) is 0 Å². The fraction of sp³-hybridized carbons (Fsp3) is 0.111. The van der Waals surface area contributed by atoms with E-state index < -0.39 is 11.9 Å². The molecule has 5 heteroatoms. The number of hydrogen-bond acceptors (Lipinski definition) is 3. The number of carboxylic acids is 1. The van der Waals surface area contributed by atoms with E-state index in [0.29, 0.717) is 11.4 Å². The van der Waals surface area contributed by atoms with E-state index >= 15 is 0 Å². The van der Waals surface area contributed by atoms with Crippen molar-refractivity contribution in [2.45, 2.75) is 6.92 Å². The fourth-order valence-electron chi connectivity index (χ4n) is 0.950. The summed E-state index contributed by atoms with van der Waals surface area (Å²) < 4.78 is 0. The third-order valence-electron chi connectivity index (χ3n) is 1.70. The molecule has 1 aromatic carbocycles. The number of carbonyl (C=O) groups is 2. The molecule has 0 bridgehead atoms. The van der Waals surface area contributed by atoms with Gasteiger partial charge in [-0.1, -0.05) is 6.07 Å². The van der Waals surface area contributed by atoms with Gasteiger partial charge in [0.2, 0.25) is 0 Å². The van der Waals surface area contributed by atoms with Gasteiger partial charge in [-0.15, -0.1) is 0 Å². The first-order chi connectivity index (χ1) is 6.50. The predicted molar refractivity (Wildman–Crippen MR) is 51.9 cm³/mol. The Morgan fingerprint density at radius 1 is 1.43 bits per heavy atom. The van der Waals surface area contributed by atoms with Crippen molar-refractivity contribution in [3.05, 3.63) is 23.8 Å². The molecule has 0 saturated heterocycles. The lowest BCUT2D eigenvalue weighted by atomic mass is 10.2. The summed E-state index contributed by atoms with van der Waals surface area (Å²) in [6.45, 7) is 1.75. The van der Waals surface area contributed by atoms with Crippen LogP contribution in [0, 0.1) is 6.92 Å². The van der Waals surface area contributed by atoms with Crippen LogP contribution in [0.3, 0.4) is 0 Å². The molecule has 4 N–H and O–H groups in total. The van der Waals surface area contributed by atoms with Crippen LogP contribution >= 0.6 is 0 Å². The van der Waals surface area contributed by atoms with Gasteiger partial charge in [0.15, 0.2) is 0 Å². The summed E-state index contributed by atoms with van der Waals surface area (Å²) in [5.41, 5.74) is 7.12. The maximum atomic E-state index is 10.8. The smallest absolute Gasteiger partial charge is 0.394 e. The first-order valence-corrected chi connectivity index (χ1v) is 3.91. The number of nitrogen functional groups attached to an aromatic ring is 1. The zero-order valence-electron chi connectivity index (χ0n) is 7.57. The van der Waals surface area contributed by atoms with Gasteiger partial charge in [0, 0.05) is 11.4 Å². The second-order valence-corrected chi connectivity index (χ2v) is 2.83. The molecule has 0 aliphatic carbocycles. The number of anilines is 2. The molecule has 0 aliphatic rings. The minimum absolute atomic E-state index is 0.414. The molecular weight excluding hydrogens is 184 g/mol. The maximum absolute atomic E-state index is 10.8. The molecule has 1 rings (SSSR count). The Balaban J connectivity index is 2.91. The van der Waals surface area contributed by atoms with Crippen molar-refractivity contribution < 1.29 is 14.7 Å². The number of nitrogens with two attached hydrogens (primary N) is 1. The Kier molecular flexibility index (Phi) is 2.71. The molecule has 0 spiro atoms. The van der Waals surface area contributed by atoms with Crippen molar-refractivity contribution in [3.63, 3.8) is 0 Å². The number of amides is 1. The van der Waals surface area contributed by atoms with Crippen LogP contribution in [0.2, 0.25) is 0 Å². The average molecular weight is 194 g/mol. The molecule has 0 unspecified atom stereocenters. The van der Waals surface area contributed by atoms with E-state index in [1.54, 1.807) is 19.1 Å². The van der Waals surface area contributed by atoms with Crippen LogP contribution in [0.15, 0.2) is 18.2 Å². The van der Waals surface area contributed by atoms with Crippen LogP contribution in [0.4, 0.5) is 11.4 Å². The SMILES string of the molecule is Cc1ccc(N)cc1NC(=O)C(=O)O. The highest BCUT2D eigenvalue weighted by Crippen LogP contribution is 2.17. The maximum Gasteiger partial charge on any atom is 0.394 e. The highest BCUT2D eigenvalue weighted by molar-refractivity contribution is 6.36.